The largest absolute Gasteiger partial charge is 0.449 e. The van der Waals surface area contributed by atoms with Crippen LogP contribution in [0.5, 0.6) is 0 Å². The van der Waals surface area contributed by atoms with Crippen molar-refractivity contribution in [3.8, 4) is 12.3 Å². The van der Waals surface area contributed by atoms with E-state index in [9.17, 15) is 18.0 Å². The van der Waals surface area contributed by atoms with Gasteiger partial charge in [-0.15, -0.1) is 6.42 Å². The average Bonchev–Trinajstić information content (AvgIpc) is 2.68. The molecule has 0 radical (unpaired) electrons. The second kappa shape index (κ2) is 9.32. The molecule has 146 valence electrons. The molecule has 2 rings (SSSR count). The van der Waals surface area contributed by atoms with E-state index in [2.05, 4.69) is 20.9 Å². The molecule has 0 fully saturated rings. The number of esters is 1. The lowest BCUT2D eigenvalue weighted by Crippen LogP contribution is -2.30. The Hall–Kier alpha value is -2.93. The van der Waals surface area contributed by atoms with E-state index in [1.807, 2.05) is 0 Å². The van der Waals surface area contributed by atoms with Crippen molar-refractivity contribution in [3.63, 3.8) is 0 Å². The summed E-state index contributed by atoms with van der Waals surface area (Å²) in [6, 6.07) is 8.22. The fourth-order valence-electron chi connectivity index (χ4n) is 1.97. The summed E-state index contributed by atoms with van der Waals surface area (Å²) in [7, 11) is -3.87. The fraction of sp³-hybridized carbons (Fsp3) is 0.167. The minimum absolute atomic E-state index is 0.0344. The number of terminal acetylenes is 1. The van der Waals surface area contributed by atoms with Crippen LogP contribution in [0.3, 0.4) is 0 Å². The fourth-order valence-corrected chi connectivity index (χ4v) is 3.06. The van der Waals surface area contributed by atoms with Crippen molar-refractivity contribution in [2.24, 2.45) is 0 Å². The summed E-state index contributed by atoms with van der Waals surface area (Å²) < 4.78 is 31.4. The highest BCUT2D eigenvalue weighted by Gasteiger charge is 2.21. The molecule has 28 heavy (non-hydrogen) atoms. The van der Waals surface area contributed by atoms with Crippen LogP contribution < -0.4 is 10.0 Å². The number of hydrogen-bond donors (Lipinski definition) is 2. The van der Waals surface area contributed by atoms with Crippen LogP contribution in [-0.2, 0) is 19.6 Å². The Balaban J connectivity index is 2.05. The molecular weight excluding hydrogens is 406 g/mol. The zero-order valence-corrected chi connectivity index (χ0v) is 16.3. The van der Waals surface area contributed by atoms with Crippen molar-refractivity contribution >= 4 is 39.3 Å². The molecule has 0 unspecified atom stereocenters. The van der Waals surface area contributed by atoms with Crippen LogP contribution in [0.25, 0.3) is 0 Å². The first kappa shape index (κ1) is 21.4. The zero-order chi connectivity index (χ0) is 20.7. The monoisotopic (exact) mass is 421 g/mol. The van der Waals surface area contributed by atoms with Crippen molar-refractivity contribution in [3.05, 3.63) is 53.2 Å². The summed E-state index contributed by atoms with van der Waals surface area (Å²) in [5.41, 5.74) is -0.0344. The van der Waals surface area contributed by atoms with E-state index in [0.717, 1.165) is 6.07 Å². The van der Waals surface area contributed by atoms with Gasteiger partial charge in [-0.2, -0.15) is 4.72 Å². The number of sulfonamides is 1. The van der Waals surface area contributed by atoms with Gasteiger partial charge in [0.05, 0.1) is 22.0 Å². The van der Waals surface area contributed by atoms with E-state index in [1.54, 1.807) is 6.07 Å². The first-order valence-corrected chi connectivity index (χ1v) is 9.75. The molecule has 1 aromatic carbocycles. The lowest BCUT2D eigenvalue weighted by Gasteiger charge is -2.13. The number of hydrogen-bond acceptors (Lipinski definition) is 6. The highest BCUT2D eigenvalue weighted by atomic mass is 35.5. The van der Waals surface area contributed by atoms with Crippen molar-refractivity contribution < 1.29 is 22.7 Å². The van der Waals surface area contributed by atoms with Crippen LogP contribution in [-0.4, -0.2) is 37.9 Å². The van der Waals surface area contributed by atoms with Gasteiger partial charge in [-0.3, -0.25) is 4.79 Å². The molecule has 2 N–H and O–H groups in total. The molecule has 10 heteroatoms. The van der Waals surface area contributed by atoms with Crippen LogP contribution in [0.15, 0.2) is 47.5 Å². The molecule has 0 saturated heterocycles. The van der Waals surface area contributed by atoms with E-state index < -0.39 is 28.0 Å². The summed E-state index contributed by atoms with van der Waals surface area (Å²) in [6.07, 6.45) is 5.24. The zero-order valence-electron chi connectivity index (χ0n) is 14.7. The minimum Gasteiger partial charge on any atom is -0.449 e. The van der Waals surface area contributed by atoms with E-state index in [-0.39, 0.29) is 22.8 Å². The molecule has 0 aliphatic carbocycles. The molecule has 0 aliphatic rings. The molecular formula is C18H16ClN3O5S. The third-order valence-electron chi connectivity index (χ3n) is 3.38. The van der Waals surface area contributed by atoms with Gasteiger partial charge in [0.1, 0.15) is 5.82 Å². The van der Waals surface area contributed by atoms with Gasteiger partial charge in [-0.25, -0.2) is 18.2 Å². The van der Waals surface area contributed by atoms with Crippen LogP contribution in [0, 0.1) is 12.3 Å². The maximum atomic E-state index is 12.3. The second-order valence-corrected chi connectivity index (χ2v) is 7.66. The van der Waals surface area contributed by atoms with E-state index >= 15 is 0 Å². The Kier molecular flexibility index (Phi) is 7.12. The summed E-state index contributed by atoms with van der Waals surface area (Å²) in [5.74, 6) is 0.925. The topological polar surface area (TPSA) is 114 Å². The van der Waals surface area contributed by atoms with Crippen molar-refractivity contribution in [2.45, 2.75) is 17.9 Å². The van der Waals surface area contributed by atoms with Gasteiger partial charge in [-0.1, -0.05) is 23.6 Å². The van der Waals surface area contributed by atoms with Gasteiger partial charge >= 0.3 is 5.97 Å². The number of benzene rings is 1. The van der Waals surface area contributed by atoms with Crippen molar-refractivity contribution in [1.29, 1.82) is 0 Å². The number of aromatic nitrogens is 1. The molecule has 0 spiro atoms. The van der Waals surface area contributed by atoms with Crippen LogP contribution >= 0.6 is 11.6 Å². The molecule has 0 aliphatic heterocycles. The Morgan fingerprint density at radius 2 is 2.07 bits per heavy atom. The first-order valence-electron chi connectivity index (χ1n) is 7.89. The summed E-state index contributed by atoms with van der Waals surface area (Å²) in [6.45, 7) is 1.19. The van der Waals surface area contributed by atoms with E-state index in [0.29, 0.717) is 5.02 Å². The Labute approximate surface area is 167 Å². The Morgan fingerprint density at radius 3 is 2.71 bits per heavy atom. The molecule has 0 saturated carbocycles. The lowest BCUT2D eigenvalue weighted by molar-refractivity contribution is -0.123. The average molecular weight is 422 g/mol. The van der Waals surface area contributed by atoms with Gasteiger partial charge in [0.25, 0.3) is 5.91 Å². The lowest BCUT2D eigenvalue weighted by atomic mass is 10.2. The van der Waals surface area contributed by atoms with E-state index in [1.165, 1.54) is 37.4 Å². The minimum atomic E-state index is -3.87. The third-order valence-corrected chi connectivity index (χ3v) is 5.00. The van der Waals surface area contributed by atoms with Crippen LogP contribution in [0.4, 0.5) is 5.82 Å². The molecule has 8 nitrogen and oxygen atoms in total. The maximum Gasteiger partial charge on any atom is 0.338 e. The highest BCUT2D eigenvalue weighted by molar-refractivity contribution is 7.89. The molecule has 1 heterocycles. The molecule has 1 amide bonds. The molecule has 1 aromatic heterocycles. The van der Waals surface area contributed by atoms with Gasteiger partial charge in [0.2, 0.25) is 10.0 Å². The molecule has 0 bridgehead atoms. The number of pyridine rings is 1. The number of carbonyl (C=O) groups excluding carboxylic acids is 2. The second-order valence-electron chi connectivity index (χ2n) is 5.45. The predicted octanol–water partition coefficient (Wildman–Crippen LogP) is 1.83. The number of halogens is 1. The number of ether oxygens (including phenoxy) is 1. The number of carbonyl (C=O) groups is 2. The summed E-state index contributed by atoms with van der Waals surface area (Å²) in [4.78, 5) is 28.1. The van der Waals surface area contributed by atoms with Gasteiger partial charge in [0, 0.05) is 6.20 Å². The van der Waals surface area contributed by atoms with Gasteiger partial charge < -0.3 is 10.1 Å². The number of anilines is 1. The van der Waals surface area contributed by atoms with Crippen LogP contribution in [0.1, 0.15) is 17.3 Å². The number of nitrogens with one attached hydrogen (secondary N) is 2. The van der Waals surface area contributed by atoms with Crippen LogP contribution in [0.2, 0.25) is 5.02 Å². The van der Waals surface area contributed by atoms with E-state index in [4.69, 9.17) is 22.8 Å². The third kappa shape index (κ3) is 5.79. The predicted molar refractivity (Wildman–Crippen MR) is 103 cm³/mol. The number of nitrogens with zero attached hydrogens (tertiary/aromatic N) is 1. The SMILES string of the molecule is C#CCNS(=O)(=O)c1cccc(C(=O)O[C@@H](C)C(=O)Nc2ccc(Cl)cn2)c1. The van der Waals surface area contributed by atoms with Gasteiger partial charge in [0.15, 0.2) is 6.10 Å². The standard InChI is InChI=1S/C18H16ClN3O5S/c1-3-9-21-28(25,26)15-6-4-5-13(10-15)18(24)27-12(2)17(23)22-16-8-7-14(19)11-20-16/h1,4-8,10-12,21H,9H2,2H3,(H,20,22,23)/t12-/m0/s1. The van der Waals surface area contributed by atoms with Crippen molar-refractivity contribution in [2.75, 3.05) is 11.9 Å². The number of amides is 1. The first-order chi connectivity index (χ1) is 13.2. The van der Waals surface area contributed by atoms with Gasteiger partial charge in [-0.05, 0) is 37.3 Å². The molecule has 1 atom stereocenters. The Morgan fingerprint density at radius 1 is 1.32 bits per heavy atom. The maximum absolute atomic E-state index is 12.3. The van der Waals surface area contributed by atoms with Crippen molar-refractivity contribution in [1.82, 2.24) is 9.71 Å². The summed E-state index contributed by atoms with van der Waals surface area (Å²) >= 11 is 5.72. The summed E-state index contributed by atoms with van der Waals surface area (Å²) in [5, 5.41) is 2.88. The Bertz CT molecular complexity index is 1020. The quantitative estimate of drug-likeness (QED) is 0.520. The molecule has 2 aromatic rings. The normalized spacial score (nSPS) is 11.9. The number of rotatable bonds is 7. The smallest absolute Gasteiger partial charge is 0.338 e. The highest BCUT2D eigenvalue weighted by Crippen LogP contribution is 2.14.